The Kier molecular flexibility index (Phi) is 3.65. The van der Waals surface area contributed by atoms with Crippen molar-refractivity contribution in [3.63, 3.8) is 0 Å². The molecular formula is C11H14O3. The molecule has 0 fully saturated rings. The quantitative estimate of drug-likeness (QED) is 0.743. The van der Waals surface area contributed by atoms with E-state index in [9.17, 15) is 9.90 Å². The number of benzene rings is 1. The predicted octanol–water partition coefficient (Wildman–Crippen LogP) is 1.59. The number of carbonyl (C=O) groups excluding carboxylic acids is 1. The van der Waals surface area contributed by atoms with Crippen LogP contribution < -0.4 is 0 Å². The highest BCUT2D eigenvalue weighted by atomic mass is 16.5. The van der Waals surface area contributed by atoms with Crippen LogP contribution in [0.1, 0.15) is 23.7 Å². The molecular weight excluding hydrogens is 180 g/mol. The van der Waals surface area contributed by atoms with Crippen molar-refractivity contribution < 1.29 is 14.6 Å². The average Bonchev–Trinajstić information content (AvgIpc) is 2.17. The highest BCUT2D eigenvalue weighted by molar-refractivity contribution is 5.70. The third-order valence-corrected chi connectivity index (χ3v) is 2.01. The van der Waals surface area contributed by atoms with Crippen molar-refractivity contribution in [1.29, 1.82) is 0 Å². The van der Waals surface area contributed by atoms with E-state index < -0.39 is 12.1 Å². The first-order chi connectivity index (χ1) is 6.63. The van der Waals surface area contributed by atoms with E-state index in [1.54, 1.807) is 6.07 Å². The van der Waals surface area contributed by atoms with Gasteiger partial charge in [-0.05, 0) is 12.5 Å². The average molecular weight is 194 g/mol. The molecule has 0 unspecified atom stereocenters. The molecule has 0 aliphatic heterocycles. The van der Waals surface area contributed by atoms with Crippen molar-refractivity contribution in [2.45, 2.75) is 19.4 Å². The molecule has 76 valence electrons. The van der Waals surface area contributed by atoms with Crippen LogP contribution >= 0.6 is 0 Å². The third-order valence-electron chi connectivity index (χ3n) is 2.01. The Balaban J connectivity index is 2.69. The van der Waals surface area contributed by atoms with Crippen molar-refractivity contribution >= 4 is 5.97 Å². The molecule has 1 rings (SSSR count). The van der Waals surface area contributed by atoms with Crippen molar-refractivity contribution in [3.05, 3.63) is 35.4 Å². The van der Waals surface area contributed by atoms with Gasteiger partial charge in [0.25, 0.3) is 0 Å². The zero-order valence-corrected chi connectivity index (χ0v) is 8.36. The Morgan fingerprint density at radius 3 is 2.86 bits per heavy atom. The number of ether oxygens (including phenoxy) is 1. The summed E-state index contributed by atoms with van der Waals surface area (Å²) in [4.78, 5) is 10.9. The summed E-state index contributed by atoms with van der Waals surface area (Å²) in [5, 5.41) is 9.65. The maximum absolute atomic E-state index is 10.9. The van der Waals surface area contributed by atoms with Gasteiger partial charge in [0.1, 0.15) is 0 Å². The summed E-state index contributed by atoms with van der Waals surface area (Å²) in [5.74, 6) is -0.404. The van der Waals surface area contributed by atoms with E-state index in [4.69, 9.17) is 0 Å². The number of aliphatic hydroxyl groups excluding tert-OH is 1. The molecule has 1 N–H and O–H groups in total. The van der Waals surface area contributed by atoms with Crippen molar-refractivity contribution in [2.75, 3.05) is 7.11 Å². The number of rotatable bonds is 3. The molecule has 0 saturated carbocycles. The molecule has 0 aliphatic rings. The predicted molar refractivity (Wildman–Crippen MR) is 52.8 cm³/mol. The molecule has 0 radical (unpaired) electrons. The maximum Gasteiger partial charge on any atom is 0.308 e. The normalized spacial score (nSPS) is 12.2. The monoisotopic (exact) mass is 194 g/mol. The zero-order valence-electron chi connectivity index (χ0n) is 8.36. The molecule has 0 aliphatic carbocycles. The second-order valence-electron chi connectivity index (χ2n) is 3.21. The molecule has 0 aromatic heterocycles. The number of hydrogen-bond acceptors (Lipinski definition) is 3. The van der Waals surface area contributed by atoms with Gasteiger partial charge in [-0.25, -0.2) is 0 Å². The first-order valence-corrected chi connectivity index (χ1v) is 4.45. The molecule has 0 amide bonds. The SMILES string of the molecule is COC(=O)C[C@@H](O)c1cccc(C)c1. The van der Waals surface area contributed by atoms with E-state index >= 15 is 0 Å². The molecule has 1 atom stereocenters. The first kappa shape index (κ1) is 10.7. The number of aryl methyl sites for hydroxylation is 1. The number of aliphatic hydroxyl groups is 1. The van der Waals surface area contributed by atoms with E-state index in [1.165, 1.54) is 7.11 Å². The van der Waals surface area contributed by atoms with Crippen LogP contribution in [0.4, 0.5) is 0 Å². The largest absolute Gasteiger partial charge is 0.469 e. The smallest absolute Gasteiger partial charge is 0.308 e. The van der Waals surface area contributed by atoms with E-state index in [2.05, 4.69) is 4.74 Å². The van der Waals surface area contributed by atoms with Crippen LogP contribution in [0.3, 0.4) is 0 Å². The van der Waals surface area contributed by atoms with E-state index in [0.717, 1.165) is 11.1 Å². The summed E-state index contributed by atoms with van der Waals surface area (Å²) in [6.07, 6.45) is -0.776. The van der Waals surface area contributed by atoms with Gasteiger partial charge in [0.15, 0.2) is 0 Å². The van der Waals surface area contributed by atoms with Crippen LogP contribution in [-0.2, 0) is 9.53 Å². The van der Waals surface area contributed by atoms with Gasteiger partial charge in [-0.15, -0.1) is 0 Å². The Bertz CT molecular complexity index is 320. The van der Waals surface area contributed by atoms with Gasteiger partial charge in [0.2, 0.25) is 0 Å². The van der Waals surface area contributed by atoms with E-state index in [1.807, 2.05) is 25.1 Å². The molecule has 0 heterocycles. The second-order valence-corrected chi connectivity index (χ2v) is 3.21. The summed E-state index contributed by atoms with van der Waals surface area (Å²) in [5.41, 5.74) is 1.81. The van der Waals surface area contributed by atoms with Crippen LogP contribution in [-0.4, -0.2) is 18.2 Å². The fraction of sp³-hybridized carbons (Fsp3) is 0.364. The van der Waals surface area contributed by atoms with Crippen LogP contribution in [0.25, 0.3) is 0 Å². The van der Waals surface area contributed by atoms with E-state index in [-0.39, 0.29) is 6.42 Å². The van der Waals surface area contributed by atoms with Gasteiger partial charge >= 0.3 is 5.97 Å². The maximum atomic E-state index is 10.9. The minimum atomic E-state index is -0.776. The highest BCUT2D eigenvalue weighted by Crippen LogP contribution is 2.17. The van der Waals surface area contributed by atoms with Gasteiger partial charge in [-0.2, -0.15) is 0 Å². The minimum absolute atomic E-state index is 0.0000463. The van der Waals surface area contributed by atoms with Crippen molar-refractivity contribution in [2.24, 2.45) is 0 Å². The summed E-state index contributed by atoms with van der Waals surface area (Å²) in [6.45, 7) is 1.94. The van der Waals surface area contributed by atoms with Gasteiger partial charge in [0, 0.05) is 0 Å². The van der Waals surface area contributed by atoms with Crippen LogP contribution in [0.15, 0.2) is 24.3 Å². The molecule has 0 saturated heterocycles. The first-order valence-electron chi connectivity index (χ1n) is 4.45. The van der Waals surface area contributed by atoms with Gasteiger partial charge in [0.05, 0.1) is 19.6 Å². The lowest BCUT2D eigenvalue weighted by Gasteiger charge is -2.09. The summed E-state index contributed by atoms with van der Waals surface area (Å²) in [7, 11) is 1.31. The van der Waals surface area contributed by atoms with Gasteiger partial charge in [-0.1, -0.05) is 29.8 Å². The van der Waals surface area contributed by atoms with Crippen LogP contribution in [0.5, 0.6) is 0 Å². The zero-order chi connectivity index (χ0) is 10.6. The standard InChI is InChI=1S/C11H14O3/c1-8-4-3-5-9(6-8)10(12)7-11(13)14-2/h3-6,10,12H,7H2,1-2H3/t10-/m1/s1. The molecule has 0 spiro atoms. The molecule has 3 heteroatoms. The Morgan fingerprint density at radius 2 is 2.29 bits per heavy atom. The Hall–Kier alpha value is -1.35. The lowest BCUT2D eigenvalue weighted by atomic mass is 10.0. The summed E-state index contributed by atoms with van der Waals surface area (Å²) < 4.78 is 4.47. The highest BCUT2D eigenvalue weighted by Gasteiger charge is 2.12. The summed E-state index contributed by atoms with van der Waals surface area (Å²) in [6, 6.07) is 7.44. The molecule has 1 aromatic carbocycles. The molecule has 14 heavy (non-hydrogen) atoms. The number of methoxy groups -OCH3 is 1. The van der Waals surface area contributed by atoms with Crippen molar-refractivity contribution in [1.82, 2.24) is 0 Å². The van der Waals surface area contributed by atoms with Gasteiger partial charge in [-0.3, -0.25) is 4.79 Å². The topological polar surface area (TPSA) is 46.5 Å². The fourth-order valence-electron chi connectivity index (χ4n) is 1.24. The van der Waals surface area contributed by atoms with E-state index in [0.29, 0.717) is 0 Å². The Morgan fingerprint density at radius 1 is 1.57 bits per heavy atom. The van der Waals surface area contributed by atoms with Crippen LogP contribution in [0, 0.1) is 6.92 Å². The Labute approximate surface area is 83.3 Å². The van der Waals surface area contributed by atoms with Gasteiger partial charge < -0.3 is 9.84 Å². The second kappa shape index (κ2) is 4.77. The minimum Gasteiger partial charge on any atom is -0.469 e. The molecule has 0 bridgehead atoms. The fourth-order valence-corrected chi connectivity index (χ4v) is 1.24. The van der Waals surface area contributed by atoms with Crippen molar-refractivity contribution in [3.8, 4) is 0 Å². The number of hydrogen-bond donors (Lipinski definition) is 1. The molecule has 1 aromatic rings. The number of esters is 1. The summed E-state index contributed by atoms with van der Waals surface area (Å²) >= 11 is 0. The molecule has 3 nitrogen and oxygen atoms in total. The lowest BCUT2D eigenvalue weighted by molar-refractivity contribution is -0.142. The lowest BCUT2D eigenvalue weighted by Crippen LogP contribution is -2.08. The van der Waals surface area contributed by atoms with Crippen LogP contribution in [0.2, 0.25) is 0 Å². The number of carbonyl (C=O) groups is 1. The third kappa shape index (κ3) is 2.85.